The Morgan fingerprint density at radius 3 is 2.57 bits per heavy atom. The van der Waals surface area contributed by atoms with Gasteiger partial charge in [0, 0.05) is 11.3 Å². The fraction of sp³-hybridized carbons (Fsp3) is 0.227. The van der Waals surface area contributed by atoms with Crippen LogP contribution in [0.15, 0.2) is 46.9 Å². The Kier molecular flexibility index (Phi) is 3.84. The highest BCUT2D eigenvalue weighted by molar-refractivity contribution is 7.20. The predicted octanol–water partition coefficient (Wildman–Crippen LogP) is 6.03. The molecule has 2 aromatic carbocycles. The van der Waals surface area contributed by atoms with Crippen molar-refractivity contribution in [1.29, 1.82) is 0 Å². The molecule has 0 amide bonds. The van der Waals surface area contributed by atoms with Crippen molar-refractivity contribution >= 4 is 32.7 Å². The Balaban J connectivity index is 1.58. The minimum atomic E-state index is 0.464. The third kappa shape index (κ3) is 2.81. The quantitative estimate of drug-likeness (QED) is 0.379. The third-order valence-electron chi connectivity index (χ3n) is 4.89. The van der Waals surface area contributed by atoms with Crippen LogP contribution in [0.25, 0.3) is 37.9 Å². The highest BCUT2D eigenvalue weighted by Crippen LogP contribution is 2.32. The van der Waals surface area contributed by atoms with Crippen molar-refractivity contribution in [1.82, 2.24) is 19.7 Å². The first-order valence-electron chi connectivity index (χ1n) is 9.33. The molecule has 5 aromatic rings. The maximum absolute atomic E-state index is 6.01. The number of aromatic nitrogens is 4. The molecular weight excluding hydrogens is 368 g/mol. The van der Waals surface area contributed by atoms with Gasteiger partial charge in [-0.05, 0) is 61.7 Å². The molecule has 0 spiro atoms. The summed E-state index contributed by atoms with van der Waals surface area (Å²) < 4.78 is 8.99. The lowest BCUT2D eigenvalue weighted by molar-refractivity contribution is 0.620. The highest BCUT2D eigenvalue weighted by Gasteiger charge is 2.14. The van der Waals surface area contributed by atoms with Crippen molar-refractivity contribution in [2.24, 2.45) is 0 Å². The fourth-order valence-corrected chi connectivity index (χ4v) is 4.40. The second-order valence-corrected chi connectivity index (χ2v) is 8.43. The van der Waals surface area contributed by atoms with Crippen LogP contribution in [0.3, 0.4) is 0 Å². The van der Waals surface area contributed by atoms with Gasteiger partial charge in [-0.2, -0.15) is 5.10 Å². The summed E-state index contributed by atoms with van der Waals surface area (Å²) in [6.07, 6.45) is 0. The Morgan fingerprint density at radius 1 is 0.964 bits per heavy atom. The second-order valence-electron chi connectivity index (χ2n) is 7.42. The van der Waals surface area contributed by atoms with Crippen LogP contribution in [0, 0.1) is 13.8 Å². The van der Waals surface area contributed by atoms with E-state index in [1.807, 2.05) is 36.7 Å². The van der Waals surface area contributed by atoms with E-state index in [2.05, 4.69) is 43.2 Å². The number of thiazole rings is 1. The summed E-state index contributed by atoms with van der Waals surface area (Å²) in [4.78, 5) is 9.45. The van der Waals surface area contributed by atoms with Gasteiger partial charge < -0.3 is 4.42 Å². The SMILES string of the molecule is Cc1cc(C)n(-c2nc3ccc(-c4nc5cc(C(C)C)ccc5o4)cc3s2)n1. The summed E-state index contributed by atoms with van der Waals surface area (Å²) in [7, 11) is 0. The minimum Gasteiger partial charge on any atom is -0.436 e. The van der Waals surface area contributed by atoms with Crippen LogP contribution in [0.4, 0.5) is 0 Å². The third-order valence-corrected chi connectivity index (χ3v) is 5.89. The van der Waals surface area contributed by atoms with Gasteiger partial charge in [-0.25, -0.2) is 14.6 Å². The summed E-state index contributed by atoms with van der Waals surface area (Å²) in [6, 6.07) is 14.4. The van der Waals surface area contributed by atoms with Crippen LogP contribution >= 0.6 is 11.3 Å². The molecule has 0 atom stereocenters. The van der Waals surface area contributed by atoms with Crippen LogP contribution in [0.2, 0.25) is 0 Å². The number of benzene rings is 2. The number of nitrogens with zero attached hydrogens (tertiary/aromatic N) is 4. The van der Waals surface area contributed by atoms with Crippen molar-refractivity contribution in [3.05, 3.63) is 59.4 Å². The molecule has 5 rings (SSSR count). The molecule has 0 fully saturated rings. The van der Waals surface area contributed by atoms with Crippen molar-refractivity contribution in [3.63, 3.8) is 0 Å². The molecule has 6 heteroatoms. The number of oxazole rings is 1. The Hall–Kier alpha value is -2.99. The summed E-state index contributed by atoms with van der Waals surface area (Å²) in [6.45, 7) is 8.40. The van der Waals surface area contributed by atoms with Gasteiger partial charge in [0.05, 0.1) is 15.9 Å². The molecule has 140 valence electrons. The smallest absolute Gasteiger partial charge is 0.227 e. The molecule has 28 heavy (non-hydrogen) atoms. The predicted molar refractivity (Wildman–Crippen MR) is 113 cm³/mol. The van der Waals surface area contributed by atoms with Crippen molar-refractivity contribution in [2.75, 3.05) is 0 Å². The molecule has 3 aromatic heterocycles. The molecule has 0 aliphatic carbocycles. The fourth-order valence-electron chi connectivity index (χ4n) is 3.39. The number of aryl methyl sites for hydroxylation is 2. The van der Waals surface area contributed by atoms with Crippen LogP contribution in [0.1, 0.15) is 36.7 Å². The van der Waals surface area contributed by atoms with Gasteiger partial charge >= 0.3 is 0 Å². The molecule has 0 saturated carbocycles. The van der Waals surface area contributed by atoms with Gasteiger partial charge in [-0.3, -0.25) is 0 Å². The molecule has 0 aliphatic heterocycles. The first-order chi connectivity index (χ1) is 13.5. The zero-order valence-electron chi connectivity index (χ0n) is 16.2. The highest BCUT2D eigenvalue weighted by atomic mass is 32.1. The van der Waals surface area contributed by atoms with Crippen molar-refractivity contribution < 1.29 is 4.42 Å². The van der Waals surface area contributed by atoms with Crippen LogP contribution < -0.4 is 0 Å². The van der Waals surface area contributed by atoms with E-state index in [-0.39, 0.29) is 0 Å². The number of hydrogen-bond acceptors (Lipinski definition) is 5. The summed E-state index contributed by atoms with van der Waals surface area (Å²) in [5, 5.41) is 5.41. The average Bonchev–Trinajstić information content (AvgIpc) is 3.35. The van der Waals surface area contributed by atoms with Crippen LogP contribution in [-0.2, 0) is 0 Å². The molecule has 0 saturated heterocycles. The lowest BCUT2D eigenvalue weighted by atomic mass is 10.0. The average molecular weight is 388 g/mol. The maximum Gasteiger partial charge on any atom is 0.227 e. The standard InChI is InChI=1S/C22H20N4OS/c1-12(2)15-6-8-19-18(10-15)23-21(27-19)16-5-7-17-20(11-16)28-22(24-17)26-14(4)9-13(3)25-26/h5-12H,1-4H3. The summed E-state index contributed by atoms with van der Waals surface area (Å²) in [5.74, 6) is 1.10. The Morgan fingerprint density at radius 2 is 1.82 bits per heavy atom. The number of hydrogen-bond donors (Lipinski definition) is 0. The van der Waals surface area contributed by atoms with Gasteiger partial charge in [0.2, 0.25) is 11.0 Å². The first-order valence-corrected chi connectivity index (χ1v) is 10.1. The summed E-state index contributed by atoms with van der Waals surface area (Å²) in [5.41, 5.74) is 6.95. The molecule has 0 N–H and O–H groups in total. The molecule has 5 nitrogen and oxygen atoms in total. The summed E-state index contributed by atoms with van der Waals surface area (Å²) >= 11 is 1.62. The molecule has 0 bridgehead atoms. The van der Waals surface area contributed by atoms with Gasteiger partial charge in [0.1, 0.15) is 5.52 Å². The zero-order chi connectivity index (χ0) is 19.4. The van der Waals surface area contributed by atoms with Gasteiger partial charge in [-0.1, -0.05) is 31.3 Å². The maximum atomic E-state index is 6.01. The van der Waals surface area contributed by atoms with Gasteiger partial charge in [-0.15, -0.1) is 0 Å². The van der Waals surface area contributed by atoms with E-state index in [0.717, 1.165) is 43.4 Å². The first kappa shape index (κ1) is 17.1. The topological polar surface area (TPSA) is 56.7 Å². The normalized spacial score (nSPS) is 11.9. The van der Waals surface area contributed by atoms with Gasteiger partial charge in [0.25, 0.3) is 0 Å². The molecule has 0 unspecified atom stereocenters. The van der Waals surface area contributed by atoms with E-state index in [1.54, 1.807) is 11.3 Å². The van der Waals surface area contributed by atoms with Gasteiger partial charge in [0.15, 0.2) is 5.58 Å². The van der Waals surface area contributed by atoms with E-state index >= 15 is 0 Å². The largest absolute Gasteiger partial charge is 0.436 e. The monoisotopic (exact) mass is 388 g/mol. The second kappa shape index (κ2) is 6.27. The number of rotatable bonds is 3. The van der Waals surface area contributed by atoms with Crippen LogP contribution in [-0.4, -0.2) is 19.7 Å². The van der Waals surface area contributed by atoms with E-state index in [9.17, 15) is 0 Å². The molecular formula is C22H20N4OS. The lowest BCUT2D eigenvalue weighted by Crippen LogP contribution is -1.97. The Labute approximate surface area is 166 Å². The zero-order valence-corrected chi connectivity index (χ0v) is 17.0. The van der Waals surface area contributed by atoms with E-state index in [0.29, 0.717) is 11.8 Å². The minimum absolute atomic E-state index is 0.464. The van der Waals surface area contributed by atoms with Crippen molar-refractivity contribution in [2.45, 2.75) is 33.6 Å². The molecule has 0 aliphatic rings. The lowest BCUT2D eigenvalue weighted by Gasteiger charge is -2.02. The molecule has 3 heterocycles. The van der Waals surface area contributed by atoms with E-state index in [4.69, 9.17) is 14.4 Å². The van der Waals surface area contributed by atoms with Crippen molar-refractivity contribution in [3.8, 4) is 16.6 Å². The van der Waals surface area contributed by atoms with E-state index in [1.165, 1.54) is 5.56 Å². The van der Waals surface area contributed by atoms with Crippen LogP contribution in [0.5, 0.6) is 0 Å². The van der Waals surface area contributed by atoms with E-state index < -0.39 is 0 Å². The Bertz CT molecular complexity index is 1330. The molecule has 0 radical (unpaired) electrons. The number of fused-ring (bicyclic) bond motifs is 2.